The second-order valence-electron chi connectivity index (χ2n) is 8.06. The lowest BCUT2D eigenvalue weighted by atomic mass is 9.64. The average molecular weight is 438 g/mol. The van der Waals surface area contributed by atoms with Crippen LogP contribution in [0.4, 0.5) is 17.6 Å². The van der Waals surface area contributed by atoms with Crippen molar-refractivity contribution >= 4 is 17.8 Å². The summed E-state index contributed by atoms with van der Waals surface area (Å²) in [7, 11) is 0. The predicted octanol–water partition coefficient (Wildman–Crippen LogP) is 5.10. The Kier molecular flexibility index (Phi) is 6.75. The van der Waals surface area contributed by atoms with Gasteiger partial charge in [0.1, 0.15) is 11.4 Å². The third-order valence-corrected chi connectivity index (χ3v) is 5.05. The lowest BCUT2D eigenvalue weighted by Gasteiger charge is -2.44. The summed E-state index contributed by atoms with van der Waals surface area (Å²) in [6, 6.07) is 2.03. The molecule has 0 fully saturated rings. The summed E-state index contributed by atoms with van der Waals surface area (Å²) in [6.45, 7) is 4.78. The first-order valence-electron chi connectivity index (χ1n) is 9.28. The van der Waals surface area contributed by atoms with Crippen molar-refractivity contribution in [2.75, 3.05) is 0 Å². The van der Waals surface area contributed by atoms with Gasteiger partial charge < -0.3 is 10.2 Å². The van der Waals surface area contributed by atoms with Crippen LogP contribution in [0.2, 0.25) is 0 Å². The molecular weight excluding hydrogens is 416 g/mol. The van der Waals surface area contributed by atoms with Crippen molar-refractivity contribution in [2.24, 2.45) is 5.41 Å². The fraction of sp³-hybridized carbons (Fsp3) is 0.304. The van der Waals surface area contributed by atoms with Crippen LogP contribution in [0.3, 0.4) is 0 Å². The molecule has 0 saturated heterocycles. The Morgan fingerprint density at radius 2 is 1.81 bits per heavy atom. The lowest BCUT2D eigenvalue weighted by molar-refractivity contribution is -0.137. The summed E-state index contributed by atoms with van der Waals surface area (Å²) in [5, 5.41) is 20.2. The summed E-state index contributed by atoms with van der Waals surface area (Å²) in [5.41, 5.74) is -3.58. The van der Waals surface area contributed by atoms with E-state index in [-0.39, 0.29) is 23.3 Å². The molecule has 0 spiro atoms. The standard InChI is InChI=1S/C23H22F4O4/c1-14(8-20(29)30)6-7-22(31)16(12-19(28)13-21(22,2)3)5-4-15-9-17(23(25,26)27)11-18(24)10-15/h4-12,31H,13H2,1-3H3,(H,29,30)/b5-4+,7-6+,14-8-/t22-/m1/s1. The second-order valence-corrected chi connectivity index (χ2v) is 8.06. The van der Waals surface area contributed by atoms with Crippen LogP contribution >= 0.6 is 0 Å². The minimum atomic E-state index is -4.73. The maximum atomic E-state index is 13.7. The molecule has 0 unspecified atom stereocenters. The normalized spacial score (nSPS) is 22.3. The number of carbonyl (C=O) groups excluding carboxylic acids is 1. The monoisotopic (exact) mass is 438 g/mol. The number of aliphatic hydroxyl groups is 1. The van der Waals surface area contributed by atoms with Gasteiger partial charge in [-0.15, -0.1) is 0 Å². The van der Waals surface area contributed by atoms with Gasteiger partial charge in [0.05, 0.1) is 5.56 Å². The number of carbonyl (C=O) groups is 2. The van der Waals surface area contributed by atoms with Crippen LogP contribution in [0.15, 0.2) is 59.7 Å². The first-order chi connectivity index (χ1) is 14.1. The van der Waals surface area contributed by atoms with E-state index in [0.717, 1.165) is 18.2 Å². The molecule has 0 amide bonds. The third kappa shape index (κ3) is 5.79. The molecule has 0 heterocycles. The highest BCUT2D eigenvalue weighted by Gasteiger charge is 2.47. The zero-order valence-electron chi connectivity index (χ0n) is 17.1. The summed E-state index contributed by atoms with van der Waals surface area (Å²) in [4.78, 5) is 23.0. The number of ketones is 1. The zero-order valence-corrected chi connectivity index (χ0v) is 17.1. The zero-order chi connectivity index (χ0) is 23.6. The quantitative estimate of drug-likeness (QED) is 0.381. The number of rotatable bonds is 5. The van der Waals surface area contributed by atoms with E-state index >= 15 is 0 Å². The molecule has 1 aliphatic rings. The van der Waals surface area contributed by atoms with Crippen LogP contribution in [0.25, 0.3) is 6.08 Å². The molecular formula is C23H22F4O4. The SMILES string of the molecule is CC(=C/C(=O)O)/C=C/[C@@]1(O)C(/C=C/c2cc(F)cc(C(F)(F)F)c2)=CC(=O)CC1(C)C. The molecule has 1 atom stereocenters. The molecule has 0 saturated carbocycles. The van der Waals surface area contributed by atoms with Crippen LogP contribution in [-0.2, 0) is 15.8 Å². The van der Waals surface area contributed by atoms with Crippen molar-refractivity contribution in [3.63, 3.8) is 0 Å². The molecule has 1 aliphatic carbocycles. The van der Waals surface area contributed by atoms with Crippen LogP contribution in [0.5, 0.6) is 0 Å². The number of carboxylic acid groups (broad SMARTS) is 1. The number of hydrogen-bond donors (Lipinski definition) is 2. The van der Waals surface area contributed by atoms with E-state index in [2.05, 4.69) is 0 Å². The van der Waals surface area contributed by atoms with Gasteiger partial charge in [0.25, 0.3) is 0 Å². The van der Waals surface area contributed by atoms with Crippen molar-refractivity contribution < 1.29 is 37.4 Å². The van der Waals surface area contributed by atoms with Crippen molar-refractivity contribution in [1.29, 1.82) is 0 Å². The molecule has 166 valence electrons. The predicted molar refractivity (Wildman–Crippen MR) is 107 cm³/mol. The Labute approximate surface area is 176 Å². The summed E-state index contributed by atoms with van der Waals surface area (Å²) < 4.78 is 52.5. The molecule has 0 radical (unpaired) electrons. The number of carboxylic acids is 1. The lowest BCUT2D eigenvalue weighted by Crippen LogP contribution is -2.48. The minimum absolute atomic E-state index is 0.00887. The van der Waals surface area contributed by atoms with Gasteiger partial charge in [-0.1, -0.05) is 32.1 Å². The highest BCUT2D eigenvalue weighted by atomic mass is 19.4. The van der Waals surface area contributed by atoms with Crippen LogP contribution < -0.4 is 0 Å². The van der Waals surface area contributed by atoms with Crippen LogP contribution in [-0.4, -0.2) is 27.6 Å². The number of halogens is 4. The number of allylic oxidation sites excluding steroid dienone is 3. The van der Waals surface area contributed by atoms with Gasteiger partial charge in [-0.2, -0.15) is 13.2 Å². The number of hydrogen-bond acceptors (Lipinski definition) is 3. The van der Waals surface area contributed by atoms with Gasteiger partial charge in [-0.25, -0.2) is 9.18 Å². The molecule has 1 aromatic rings. The molecule has 31 heavy (non-hydrogen) atoms. The minimum Gasteiger partial charge on any atom is -0.478 e. The highest BCUT2D eigenvalue weighted by Crippen LogP contribution is 2.45. The number of benzene rings is 1. The number of aliphatic carboxylic acids is 1. The smallest absolute Gasteiger partial charge is 0.416 e. The van der Waals surface area contributed by atoms with Crippen LogP contribution in [0, 0.1) is 11.2 Å². The fourth-order valence-electron chi connectivity index (χ4n) is 3.35. The Bertz CT molecular complexity index is 1010. The van der Waals surface area contributed by atoms with Gasteiger partial charge in [-0.3, -0.25) is 4.79 Å². The van der Waals surface area contributed by atoms with Gasteiger partial charge in [0.15, 0.2) is 5.78 Å². The topological polar surface area (TPSA) is 74.6 Å². The van der Waals surface area contributed by atoms with Crippen molar-refractivity contribution in [3.8, 4) is 0 Å². The van der Waals surface area contributed by atoms with Crippen LogP contribution in [0.1, 0.15) is 38.3 Å². The van der Waals surface area contributed by atoms with E-state index in [9.17, 15) is 32.3 Å². The van der Waals surface area contributed by atoms with E-state index < -0.39 is 34.5 Å². The third-order valence-electron chi connectivity index (χ3n) is 5.05. The molecule has 0 aromatic heterocycles. The second kappa shape index (κ2) is 8.63. The molecule has 8 heteroatoms. The molecule has 1 aromatic carbocycles. The van der Waals surface area contributed by atoms with E-state index in [1.54, 1.807) is 13.8 Å². The van der Waals surface area contributed by atoms with E-state index in [1.807, 2.05) is 0 Å². The average Bonchev–Trinajstić information content (AvgIpc) is 2.60. The largest absolute Gasteiger partial charge is 0.478 e. The first kappa shape index (κ1) is 24.3. The summed E-state index contributed by atoms with van der Waals surface area (Å²) in [6.07, 6.45) is 2.54. The van der Waals surface area contributed by atoms with E-state index in [0.29, 0.717) is 11.6 Å². The molecule has 0 bridgehead atoms. The highest BCUT2D eigenvalue weighted by molar-refractivity contribution is 5.94. The Hall–Kier alpha value is -3.00. The van der Waals surface area contributed by atoms with Crippen molar-refractivity contribution in [1.82, 2.24) is 0 Å². The van der Waals surface area contributed by atoms with Crippen molar-refractivity contribution in [3.05, 3.63) is 76.7 Å². The first-order valence-corrected chi connectivity index (χ1v) is 9.28. The maximum Gasteiger partial charge on any atom is 0.416 e. The fourth-order valence-corrected chi connectivity index (χ4v) is 3.35. The number of alkyl halides is 3. The Balaban J connectivity index is 2.51. The molecule has 2 N–H and O–H groups in total. The van der Waals surface area contributed by atoms with E-state index in [4.69, 9.17) is 5.11 Å². The van der Waals surface area contributed by atoms with E-state index in [1.165, 1.54) is 37.3 Å². The van der Waals surface area contributed by atoms with Gasteiger partial charge in [-0.05, 0) is 54.0 Å². The van der Waals surface area contributed by atoms with Crippen molar-refractivity contribution in [2.45, 2.75) is 39.0 Å². The van der Waals surface area contributed by atoms with Gasteiger partial charge in [0, 0.05) is 17.9 Å². The summed E-state index contributed by atoms with van der Waals surface area (Å²) >= 11 is 0. The molecule has 2 rings (SSSR count). The Morgan fingerprint density at radius 3 is 2.39 bits per heavy atom. The molecule has 0 aliphatic heterocycles. The Morgan fingerprint density at radius 1 is 1.16 bits per heavy atom. The summed E-state index contributed by atoms with van der Waals surface area (Å²) in [5.74, 6) is -2.54. The van der Waals surface area contributed by atoms with Gasteiger partial charge >= 0.3 is 12.1 Å². The maximum absolute atomic E-state index is 13.7. The molecule has 4 nitrogen and oxygen atoms in total. The van der Waals surface area contributed by atoms with Gasteiger partial charge in [0.2, 0.25) is 0 Å².